The third kappa shape index (κ3) is 3.04. The van der Waals surface area contributed by atoms with Gasteiger partial charge in [-0.15, -0.1) is 0 Å². The molecule has 0 fully saturated rings. The molecule has 2 aromatic carbocycles. The number of aromatic nitrogens is 2. The highest BCUT2D eigenvalue weighted by Gasteiger charge is 2.16. The smallest absolute Gasteiger partial charge is 0.336 e. The van der Waals surface area contributed by atoms with Gasteiger partial charge in [0.2, 0.25) is 5.91 Å². The van der Waals surface area contributed by atoms with Crippen molar-refractivity contribution in [1.82, 2.24) is 9.13 Å². The van der Waals surface area contributed by atoms with Crippen molar-refractivity contribution in [2.75, 3.05) is 0 Å². The van der Waals surface area contributed by atoms with Gasteiger partial charge in [0.1, 0.15) is 6.54 Å². The van der Waals surface area contributed by atoms with E-state index in [4.69, 9.17) is 17.3 Å². The fourth-order valence-corrected chi connectivity index (χ4v) is 2.91. The molecule has 0 aliphatic heterocycles. The van der Waals surface area contributed by atoms with Crippen LogP contribution in [-0.4, -0.2) is 20.8 Å². The monoisotopic (exact) mass is 371 g/mol. The van der Waals surface area contributed by atoms with E-state index < -0.39 is 23.7 Å². The Hall–Kier alpha value is -3.19. The van der Waals surface area contributed by atoms with Gasteiger partial charge < -0.3 is 5.73 Å². The molecule has 3 rings (SSSR count). The number of rotatable bonds is 4. The molecule has 26 heavy (non-hydrogen) atoms. The van der Waals surface area contributed by atoms with E-state index in [1.165, 1.54) is 37.3 Å². The zero-order valence-electron chi connectivity index (χ0n) is 13.7. The molecule has 0 unspecified atom stereocenters. The number of amides is 1. The Kier molecular flexibility index (Phi) is 4.48. The second kappa shape index (κ2) is 6.61. The Morgan fingerprint density at radius 3 is 2.50 bits per heavy atom. The summed E-state index contributed by atoms with van der Waals surface area (Å²) >= 11 is 5.97. The summed E-state index contributed by atoms with van der Waals surface area (Å²) in [6.07, 6.45) is 0. The van der Waals surface area contributed by atoms with E-state index in [0.717, 1.165) is 9.13 Å². The minimum atomic E-state index is -0.746. The van der Waals surface area contributed by atoms with Gasteiger partial charge in [0.25, 0.3) is 5.56 Å². The Morgan fingerprint density at radius 2 is 1.85 bits per heavy atom. The van der Waals surface area contributed by atoms with Crippen LogP contribution >= 0.6 is 11.6 Å². The molecule has 1 aromatic heterocycles. The number of hydrogen-bond donors (Lipinski definition) is 1. The van der Waals surface area contributed by atoms with Crippen LogP contribution in [0.3, 0.4) is 0 Å². The second-order valence-corrected chi connectivity index (χ2v) is 6.18. The average molecular weight is 372 g/mol. The highest BCUT2D eigenvalue weighted by Crippen LogP contribution is 2.17. The standard InChI is InChI=1S/C18H14ClN3O4/c1-10(23)11-3-2-4-13(7-11)22-17(25)14-6-5-12(19)8-15(14)21(18(22)26)9-16(20)24/h2-8H,9H2,1H3,(H2,20,24). The molecule has 0 spiro atoms. The largest absolute Gasteiger partial charge is 0.368 e. The summed E-state index contributed by atoms with van der Waals surface area (Å²) in [7, 11) is 0. The molecule has 3 aromatic rings. The van der Waals surface area contributed by atoms with Crippen molar-refractivity contribution in [2.24, 2.45) is 5.73 Å². The maximum absolute atomic E-state index is 12.9. The van der Waals surface area contributed by atoms with Gasteiger partial charge in [-0.2, -0.15) is 0 Å². The lowest BCUT2D eigenvalue weighted by atomic mass is 10.1. The summed E-state index contributed by atoms with van der Waals surface area (Å²) in [6.45, 7) is 0.970. The number of nitrogens with two attached hydrogens (primary N) is 1. The van der Waals surface area contributed by atoms with Gasteiger partial charge >= 0.3 is 5.69 Å². The van der Waals surface area contributed by atoms with Crippen LogP contribution in [0.4, 0.5) is 0 Å². The number of benzene rings is 2. The lowest BCUT2D eigenvalue weighted by Crippen LogP contribution is -2.41. The molecule has 0 saturated carbocycles. The van der Waals surface area contributed by atoms with Crippen LogP contribution in [0.5, 0.6) is 0 Å². The molecule has 8 heteroatoms. The first-order valence-electron chi connectivity index (χ1n) is 7.64. The Bertz CT molecular complexity index is 1180. The van der Waals surface area contributed by atoms with E-state index in [1.54, 1.807) is 12.1 Å². The molecule has 0 atom stereocenters. The molecular weight excluding hydrogens is 358 g/mol. The van der Waals surface area contributed by atoms with E-state index in [-0.39, 0.29) is 22.4 Å². The van der Waals surface area contributed by atoms with Crippen LogP contribution in [0, 0.1) is 0 Å². The minimum absolute atomic E-state index is 0.198. The van der Waals surface area contributed by atoms with Crippen molar-refractivity contribution in [1.29, 1.82) is 0 Å². The van der Waals surface area contributed by atoms with E-state index in [1.807, 2.05) is 0 Å². The van der Waals surface area contributed by atoms with Crippen LogP contribution in [0.15, 0.2) is 52.1 Å². The first-order valence-corrected chi connectivity index (χ1v) is 8.02. The molecule has 0 saturated heterocycles. The molecule has 132 valence electrons. The zero-order valence-corrected chi connectivity index (χ0v) is 14.5. The van der Waals surface area contributed by atoms with E-state index in [2.05, 4.69) is 0 Å². The van der Waals surface area contributed by atoms with E-state index in [9.17, 15) is 19.2 Å². The maximum Gasteiger partial charge on any atom is 0.336 e. The molecule has 0 aliphatic carbocycles. The fraction of sp³-hybridized carbons (Fsp3) is 0.111. The van der Waals surface area contributed by atoms with Gasteiger partial charge in [0.05, 0.1) is 16.6 Å². The molecule has 0 radical (unpaired) electrons. The van der Waals surface area contributed by atoms with Gasteiger partial charge in [-0.25, -0.2) is 9.36 Å². The van der Waals surface area contributed by atoms with Crippen molar-refractivity contribution in [3.63, 3.8) is 0 Å². The summed E-state index contributed by atoms with van der Waals surface area (Å²) in [6, 6.07) is 10.6. The van der Waals surface area contributed by atoms with Gasteiger partial charge in [-0.3, -0.25) is 19.0 Å². The summed E-state index contributed by atoms with van der Waals surface area (Å²) in [5.74, 6) is -0.944. The first-order chi connectivity index (χ1) is 12.3. The summed E-state index contributed by atoms with van der Waals surface area (Å²) in [5, 5.41) is 0.509. The topological polar surface area (TPSA) is 104 Å². The molecule has 1 amide bonds. The van der Waals surface area contributed by atoms with Crippen LogP contribution < -0.4 is 17.0 Å². The Balaban J connectivity index is 2.44. The second-order valence-electron chi connectivity index (χ2n) is 5.74. The van der Waals surface area contributed by atoms with Crippen molar-refractivity contribution in [3.05, 3.63) is 73.9 Å². The van der Waals surface area contributed by atoms with Gasteiger partial charge in [-0.1, -0.05) is 23.7 Å². The number of fused-ring (bicyclic) bond motifs is 1. The molecule has 1 heterocycles. The Labute approximate surface area is 152 Å². The number of hydrogen-bond acceptors (Lipinski definition) is 4. The third-order valence-electron chi connectivity index (χ3n) is 3.93. The van der Waals surface area contributed by atoms with Gasteiger partial charge in [-0.05, 0) is 37.3 Å². The van der Waals surface area contributed by atoms with Crippen molar-refractivity contribution < 1.29 is 9.59 Å². The van der Waals surface area contributed by atoms with Gasteiger partial charge in [0, 0.05) is 10.6 Å². The van der Waals surface area contributed by atoms with Gasteiger partial charge in [0.15, 0.2) is 5.78 Å². The first kappa shape index (κ1) is 17.6. The number of primary amides is 1. The van der Waals surface area contributed by atoms with Crippen LogP contribution in [0.1, 0.15) is 17.3 Å². The van der Waals surface area contributed by atoms with Crippen LogP contribution in [0.2, 0.25) is 5.02 Å². The Morgan fingerprint density at radius 1 is 1.12 bits per heavy atom. The molecule has 7 nitrogen and oxygen atoms in total. The summed E-state index contributed by atoms with van der Waals surface area (Å²) < 4.78 is 2.00. The van der Waals surface area contributed by atoms with Crippen molar-refractivity contribution in [2.45, 2.75) is 13.5 Å². The quantitative estimate of drug-likeness (QED) is 0.701. The van der Waals surface area contributed by atoms with Crippen LogP contribution in [-0.2, 0) is 11.3 Å². The lowest BCUT2D eigenvalue weighted by Gasteiger charge is -2.13. The summed E-state index contributed by atoms with van der Waals surface area (Å²) in [5.41, 5.74) is 4.71. The number of ketones is 1. The van der Waals surface area contributed by atoms with Crippen LogP contribution in [0.25, 0.3) is 16.6 Å². The van der Waals surface area contributed by atoms with E-state index >= 15 is 0 Å². The molecule has 0 bridgehead atoms. The number of halogens is 1. The predicted molar refractivity (Wildman–Crippen MR) is 98.0 cm³/mol. The average Bonchev–Trinajstić information content (AvgIpc) is 2.58. The molecule has 0 aliphatic rings. The lowest BCUT2D eigenvalue weighted by molar-refractivity contribution is -0.118. The number of Topliss-reactive ketones (excluding diaryl/α,β-unsaturated/α-hetero) is 1. The number of nitrogens with zero attached hydrogens (tertiary/aromatic N) is 2. The van der Waals surface area contributed by atoms with E-state index in [0.29, 0.717) is 10.6 Å². The molecular formula is C18H14ClN3O4. The SMILES string of the molecule is CC(=O)c1cccc(-n2c(=O)c3ccc(Cl)cc3n(CC(N)=O)c2=O)c1. The minimum Gasteiger partial charge on any atom is -0.368 e. The number of carbonyl (C=O) groups excluding carboxylic acids is 2. The van der Waals surface area contributed by atoms with Crippen molar-refractivity contribution >= 4 is 34.2 Å². The third-order valence-corrected chi connectivity index (χ3v) is 4.17. The summed E-state index contributed by atoms with van der Waals surface area (Å²) in [4.78, 5) is 48.8. The number of carbonyl (C=O) groups is 2. The maximum atomic E-state index is 12.9. The predicted octanol–water partition coefficient (Wildman–Crippen LogP) is 1.49. The normalized spacial score (nSPS) is 10.8. The fourth-order valence-electron chi connectivity index (χ4n) is 2.74. The highest BCUT2D eigenvalue weighted by atomic mass is 35.5. The molecule has 2 N–H and O–H groups in total. The van der Waals surface area contributed by atoms with Crippen molar-refractivity contribution in [3.8, 4) is 5.69 Å². The highest BCUT2D eigenvalue weighted by molar-refractivity contribution is 6.31. The zero-order chi connectivity index (χ0) is 19.0.